The number of nitriles is 1. The molecule has 47 heavy (non-hydrogen) atoms. The van der Waals surface area contributed by atoms with Gasteiger partial charge < -0.3 is 14.6 Å². The fraction of sp³-hybridized carbons (Fsp3) is 0.324. The first-order valence-electron chi connectivity index (χ1n) is 16.2. The number of fused-ring (bicyclic) bond motifs is 1. The van der Waals surface area contributed by atoms with Gasteiger partial charge >= 0.3 is 0 Å². The number of carbonyl (C=O) groups excluding carboxylic acids is 1. The largest absolute Gasteiger partial charge is 0.388 e. The minimum absolute atomic E-state index is 0.0232. The number of benzene rings is 2. The SMILES string of the molecule is N#Cc1cc(CN2CC[C@@H](C(=O)N3CCC(O)(Cn4cnc5c(ccn5-c5ccccc5)c4=O)CC3)[C@H](c3ccccc3)C2)ccn1. The highest BCUT2D eigenvalue weighted by Crippen LogP contribution is 2.36. The van der Waals surface area contributed by atoms with Crippen LogP contribution >= 0.6 is 0 Å². The number of hydrogen-bond acceptors (Lipinski definition) is 7. The average Bonchev–Trinajstić information content (AvgIpc) is 3.55. The maximum atomic E-state index is 14.1. The van der Waals surface area contributed by atoms with E-state index in [4.69, 9.17) is 0 Å². The zero-order valence-electron chi connectivity index (χ0n) is 26.2. The molecule has 2 aliphatic rings. The van der Waals surface area contributed by atoms with Gasteiger partial charge in [0.25, 0.3) is 5.56 Å². The summed E-state index contributed by atoms with van der Waals surface area (Å²) in [5.74, 6) is -0.0244. The molecule has 2 aliphatic heterocycles. The standard InChI is InChI=1S/C37H37N7O3/c38-22-29-21-27(11-16-39-29)23-41-17-12-31(33(24-41)28-7-3-1-4-8-28)35(45)42-19-14-37(47,15-20-42)25-43-26-40-34-32(36(43)46)13-18-44(34)30-9-5-2-6-10-30/h1-11,13,16,18,21,26,31,33,47H,12,14-15,17,19-20,23-25H2/t31-,33+/m1/s1. The molecular formula is C37H37N7O3. The number of amides is 1. The highest BCUT2D eigenvalue weighted by atomic mass is 16.3. The fourth-order valence-corrected chi connectivity index (χ4v) is 7.21. The van der Waals surface area contributed by atoms with Gasteiger partial charge in [0, 0.05) is 56.1 Å². The van der Waals surface area contributed by atoms with Crippen molar-refractivity contribution >= 4 is 16.9 Å². The molecule has 238 valence electrons. The molecule has 1 N–H and O–H groups in total. The van der Waals surface area contributed by atoms with Gasteiger partial charge in [0.2, 0.25) is 5.91 Å². The van der Waals surface area contributed by atoms with E-state index in [0.717, 1.165) is 36.3 Å². The molecule has 7 rings (SSSR count). The first-order chi connectivity index (χ1) is 22.9. The lowest BCUT2D eigenvalue weighted by molar-refractivity contribution is -0.142. The zero-order valence-corrected chi connectivity index (χ0v) is 26.2. The Morgan fingerprint density at radius 3 is 2.47 bits per heavy atom. The van der Waals surface area contributed by atoms with Gasteiger partial charge in [-0.2, -0.15) is 5.26 Å². The van der Waals surface area contributed by atoms with Crippen LogP contribution in [-0.2, 0) is 17.9 Å². The molecule has 0 saturated carbocycles. The van der Waals surface area contributed by atoms with Crippen LogP contribution in [0.25, 0.3) is 16.7 Å². The van der Waals surface area contributed by atoms with E-state index in [9.17, 15) is 20.0 Å². The average molecular weight is 628 g/mol. The summed E-state index contributed by atoms with van der Waals surface area (Å²) in [6.45, 7) is 3.18. The van der Waals surface area contributed by atoms with Gasteiger partial charge in [-0.25, -0.2) is 9.97 Å². The Hall–Kier alpha value is -5.11. The van der Waals surface area contributed by atoms with Gasteiger partial charge in [0.05, 0.1) is 17.5 Å². The monoisotopic (exact) mass is 627 g/mol. The maximum absolute atomic E-state index is 14.1. The minimum Gasteiger partial charge on any atom is -0.388 e. The summed E-state index contributed by atoms with van der Waals surface area (Å²) >= 11 is 0. The van der Waals surface area contributed by atoms with Crippen molar-refractivity contribution in [1.82, 2.24) is 28.9 Å². The third-order valence-corrected chi connectivity index (χ3v) is 9.76. The highest BCUT2D eigenvalue weighted by Gasteiger charge is 2.41. The third kappa shape index (κ3) is 6.32. The number of hydrogen-bond donors (Lipinski definition) is 1. The van der Waals surface area contributed by atoms with E-state index >= 15 is 0 Å². The summed E-state index contributed by atoms with van der Waals surface area (Å²) in [5, 5.41) is 21.4. The van der Waals surface area contributed by atoms with Crippen LogP contribution in [0.5, 0.6) is 0 Å². The van der Waals surface area contributed by atoms with Crippen molar-refractivity contribution in [3.8, 4) is 11.8 Å². The molecule has 0 aliphatic carbocycles. The number of piperidine rings is 2. The van der Waals surface area contributed by atoms with Crippen molar-refractivity contribution in [2.75, 3.05) is 26.2 Å². The lowest BCUT2D eigenvalue weighted by Crippen LogP contribution is -2.53. The first kappa shape index (κ1) is 30.5. The second kappa shape index (κ2) is 12.9. The number of aromatic nitrogens is 4. The predicted molar refractivity (Wildman–Crippen MR) is 178 cm³/mol. The molecule has 2 saturated heterocycles. The van der Waals surface area contributed by atoms with Gasteiger partial charge in [-0.05, 0) is 67.3 Å². The van der Waals surface area contributed by atoms with Crippen molar-refractivity contribution in [1.29, 1.82) is 5.26 Å². The number of carbonyl (C=O) groups is 1. The molecule has 2 fully saturated rings. The van der Waals surface area contributed by atoms with Crippen LogP contribution in [0.2, 0.25) is 0 Å². The van der Waals surface area contributed by atoms with E-state index in [2.05, 4.69) is 33.1 Å². The summed E-state index contributed by atoms with van der Waals surface area (Å²) in [6.07, 6.45) is 6.52. The van der Waals surface area contributed by atoms with Crippen molar-refractivity contribution in [3.63, 3.8) is 0 Å². The molecule has 2 atom stereocenters. The number of pyridine rings is 1. The summed E-state index contributed by atoms with van der Waals surface area (Å²) in [4.78, 5) is 40.4. The van der Waals surface area contributed by atoms with Gasteiger partial charge in [-0.3, -0.25) is 19.1 Å². The van der Waals surface area contributed by atoms with Gasteiger partial charge in [0.15, 0.2) is 5.65 Å². The summed E-state index contributed by atoms with van der Waals surface area (Å²) in [7, 11) is 0. The lowest BCUT2D eigenvalue weighted by Gasteiger charge is -2.43. The summed E-state index contributed by atoms with van der Waals surface area (Å²) in [6, 6.07) is 27.6. The predicted octanol–water partition coefficient (Wildman–Crippen LogP) is 4.11. The molecule has 5 aromatic rings. The topological polar surface area (TPSA) is 120 Å². The number of nitrogens with zero attached hydrogens (tertiary/aromatic N) is 7. The molecule has 3 aromatic heterocycles. The third-order valence-electron chi connectivity index (χ3n) is 9.76. The number of likely N-dealkylation sites (tertiary alicyclic amines) is 2. The Kier molecular flexibility index (Phi) is 8.41. The molecule has 5 heterocycles. The van der Waals surface area contributed by atoms with E-state index in [1.165, 1.54) is 10.9 Å². The molecule has 0 bridgehead atoms. The first-order valence-corrected chi connectivity index (χ1v) is 16.2. The Morgan fingerprint density at radius 2 is 1.72 bits per heavy atom. The van der Waals surface area contributed by atoms with E-state index in [1.807, 2.05) is 76.3 Å². The minimum atomic E-state index is -1.12. The van der Waals surface area contributed by atoms with E-state index < -0.39 is 5.60 Å². The van der Waals surface area contributed by atoms with Crippen LogP contribution in [0.1, 0.15) is 42.0 Å². The Morgan fingerprint density at radius 1 is 0.979 bits per heavy atom. The van der Waals surface area contributed by atoms with Crippen molar-refractivity contribution in [2.45, 2.75) is 43.9 Å². The number of aliphatic hydroxyl groups is 1. The van der Waals surface area contributed by atoms with Gasteiger partial charge in [-0.15, -0.1) is 0 Å². The van der Waals surface area contributed by atoms with Crippen LogP contribution in [0, 0.1) is 17.2 Å². The molecule has 0 radical (unpaired) electrons. The van der Waals surface area contributed by atoms with Crippen LogP contribution in [0.4, 0.5) is 0 Å². The normalized spacial score (nSPS) is 19.8. The Balaban J connectivity index is 1.03. The summed E-state index contributed by atoms with van der Waals surface area (Å²) in [5.41, 5.74) is 2.77. The molecule has 10 nitrogen and oxygen atoms in total. The van der Waals surface area contributed by atoms with Crippen molar-refractivity contribution in [3.05, 3.63) is 125 Å². The van der Waals surface area contributed by atoms with Crippen LogP contribution in [-0.4, -0.2) is 71.7 Å². The second-order valence-electron chi connectivity index (χ2n) is 12.8. The molecule has 1 amide bonds. The quantitative estimate of drug-likeness (QED) is 0.288. The maximum Gasteiger partial charge on any atom is 0.262 e. The number of rotatable bonds is 7. The van der Waals surface area contributed by atoms with E-state index in [0.29, 0.717) is 49.2 Å². The van der Waals surface area contributed by atoms with Crippen molar-refractivity contribution < 1.29 is 9.90 Å². The lowest BCUT2D eigenvalue weighted by atomic mass is 9.79. The Labute approximate surface area is 273 Å². The molecule has 0 spiro atoms. The summed E-state index contributed by atoms with van der Waals surface area (Å²) < 4.78 is 3.38. The molecule has 0 unspecified atom stereocenters. The fourth-order valence-electron chi connectivity index (χ4n) is 7.21. The highest BCUT2D eigenvalue weighted by molar-refractivity contribution is 5.80. The molecule has 2 aromatic carbocycles. The van der Waals surface area contributed by atoms with Crippen LogP contribution in [0.3, 0.4) is 0 Å². The molecule has 10 heteroatoms. The van der Waals surface area contributed by atoms with Crippen LogP contribution < -0.4 is 5.56 Å². The van der Waals surface area contributed by atoms with Gasteiger partial charge in [0.1, 0.15) is 18.1 Å². The van der Waals surface area contributed by atoms with Gasteiger partial charge in [-0.1, -0.05) is 48.5 Å². The van der Waals surface area contributed by atoms with E-state index in [1.54, 1.807) is 12.3 Å². The Bertz CT molecular complexity index is 1970. The number of para-hydroxylation sites is 1. The van der Waals surface area contributed by atoms with Crippen molar-refractivity contribution in [2.24, 2.45) is 5.92 Å². The zero-order chi connectivity index (χ0) is 32.4. The molecular weight excluding hydrogens is 590 g/mol. The smallest absolute Gasteiger partial charge is 0.262 e. The van der Waals surface area contributed by atoms with Crippen LogP contribution in [0.15, 0.2) is 102 Å². The second-order valence-corrected chi connectivity index (χ2v) is 12.8. The van der Waals surface area contributed by atoms with E-state index in [-0.39, 0.29) is 29.8 Å².